The summed E-state index contributed by atoms with van der Waals surface area (Å²) in [6, 6.07) is 4.87. The van der Waals surface area contributed by atoms with Gasteiger partial charge < -0.3 is 13.9 Å². The minimum atomic E-state index is -0.548. The van der Waals surface area contributed by atoms with Crippen LogP contribution in [-0.4, -0.2) is 25.2 Å². The largest absolute Gasteiger partial charge is 0.464 e. The number of benzene rings is 1. The van der Waals surface area contributed by atoms with Crippen LogP contribution in [0, 0.1) is 11.8 Å². The van der Waals surface area contributed by atoms with Crippen LogP contribution in [0.4, 0.5) is 0 Å². The van der Waals surface area contributed by atoms with E-state index < -0.39 is 11.9 Å². The minimum absolute atomic E-state index is 0.168. The second kappa shape index (κ2) is 7.31. The summed E-state index contributed by atoms with van der Waals surface area (Å²) in [5.41, 5.74) is 0.900. The number of furan rings is 1. The van der Waals surface area contributed by atoms with E-state index in [0.717, 1.165) is 5.39 Å². The number of carbonyl (C=O) groups is 2. The third-order valence-corrected chi connectivity index (χ3v) is 3.13. The van der Waals surface area contributed by atoms with Crippen LogP contribution >= 0.6 is 0 Å². The Morgan fingerprint density at radius 3 is 2.00 bits per heavy atom. The zero-order chi connectivity index (χ0) is 17.0. The van der Waals surface area contributed by atoms with E-state index in [1.807, 2.05) is 27.7 Å². The Kier molecular flexibility index (Phi) is 5.42. The van der Waals surface area contributed by atoms with Gasteiger partial charge >= 0.3 is 11.9 Å². The van der Waals surface area contributed by atoms with Crippen molar-refractivity contribution in [3.63, 3.8) is 0 Å². The molecule has 0 aliphatic heterocycles. The summed E-state index contributed by atoms with van der Waals surface area (Å²) < 4.78 is 15.8. The molecule has 2 aromatic rings. The van der Waals surface area contributed by atoms with Crippen molar-refractivity contribution in [2.45, 2.75) is 27.7 Å². The van der Waals surface area contributed by atoms with Gasteiger partial charge in [-0.25, -0.2) is 9.59 Å². The smallest absolute Gasteiger partial charge is 0.339 e. The van der Waals surface area contributed by atoms with Gasteiger partial charge in [-0.3, -0.25) is 0 Å². The number of fused-ring (bicyclic) bond motifs is 1. The molecule has 2 rings (SSSR count). The lowest BCUT2D eigenvalue weighted by molar-refractivity contribution is 0.0412. The summed E-state index contributed by atoms with van der Waals surface area (Å²) in [4.78, 5) is 24.6. The first-order chi connectivity index (χ1) is 10.9. The Bertz CT molecular complexity index is 638. The molecule has 0 unspecified atom stereocenters. The van der Waals surface area contributed by atoms with Crippen molar-refractivity contribution in [3.05, 3.63) is 35.6 Å². The molecular weight excluding hydrogens is 296 g/mol. The molecule has 0 N–H and O–H groups in total. The third kappa shape index (κ3) is 4.34. The highest BCUT2D eigenvalue weighted by Crippen LogP contribution is 2.23. The standard InChI is InChI=1S/C18H22O5/c1-11(2)9-22-17(19)14-7-13-5-6-21-16(13)8-15(14)18(20)23-10-12(3)4/h5-8,11-12H,9-10H2,1-4H3. The minimum Gasteiger partial charge on any atom is -0.464 e. The summed E-state index contributed by atoms with van der Waals surface area (Å²) in [7, 11) is 0. The number of hydrogen-bond acceptors (Lipinski definition) is 5. The van der Waals surface area contributed by atoms with E-state index in [1.165, 1.54) is 12.3 Å². The summed E-state index contributed by atoms with van der Waals surface area (Å²) in [5.74, 6) is -0.651. The molecule has 0 radical (unpaired) electrons. The highest BCUT2D eigenvalue weighted by molar-refractivity contribution is 6.06. The van der Waals surface area contributed by atoms with E-state index in [-0.39, 0.29) is 29.6 Å². The molecular formula is C18H22O5. The van der Waals surface area contributed by atoms with Crippen molar-refractivity contribution in [2.75, 3.05) is 13.2 Å². The zero-order valence-electron chi connectivity index (χ0n) is 13.9. The van der Waals surface area contributed by atoms with Crippen molar-refractivity contribution in [1.82, 2.24) is 0 Å². The van der Waals surface area contributed by atoms with Crippen molar-refractivity contribution in [2.24, 2.45) is 11.8 Å². The van der Waals surface area contributed by atoms with Crippen molar-refractivity contribution < 1.29 is 23.5 Å². The Balaban J connectivity index is 2.33. The molecule has 1 aromatic heterocycles. The molecule has 0 saturated heterocycles. The molecule has 5 nitrogen and oxygen atoms in total. The SMILES string of the molecule is CC(C)COC(=O)c1cc2ccoc2cc1C(=O)OCC(C)C. The normalized spacial score (nSPS) is 11.2. The third-order valence-electron chi connectivity index (χ3n) is 3.13. The number of rotatable bonds is 6. The topological polar surface area (TPSA) is 65.7 Å². The van der Waals surface area contributed by atoms with Crippen LogP contribution in [0.1, 0.15) is 48.4 Å². The Morgan fingerprint density at radius 1 is 0.957 bits per heavy atom. The van der Waals surface area contributed by atoms with Crippen LogP contribution < -0.4 is 0 Å². The maximum atomic E-state index is 12.3. The van der Waals surface area contributed by atoms with Gasteiger partial charge in [-0.05, 0) is 30.0 Å². The monoisotopic (exact) mass is 318 g/mol. The van der Waals surface area contributed by atoms with Crippen molar-refractivity contribution >= 4 is 22.9 Å². The van der Waals surface area contributed by atoms with E-state index in [2.05, 4.69) is 0 Å². The van der Waals surface area contributed by atoms with Crippen molar-refractivity contribution in [3.8, 4) is 0 Å². The molecule has 0 atom stereocenters. The van der Waals surface area contributed by atoms with Crippen LogP contribution in [0.15, 0.2) is 28.9 Å². The zero-order valence-corrected chi connectivity index (χ0v) is 13.9. The molecule has 124 valence electrons. The summed E-state index contributed by atoms with van der Waals surface area (Å²) in [6.07, 6.45) is 1.51. The predicted octanol–water partition coefficient (Wildman–Crippen LogP) is 4.06. The molecule has 0 fully saturated rings. The first kappa shape index (κ1) is 17.1. The number of esters is 2. The van der Waals surface area contributed by atoms with Gasteiger partial charge in [0.05, 0.1) is 30.6 Å². The molecule has 0 aliphatic rings. The molecule has 0 bridgehead atoms. The molecule has 1 aromatic carbocycles. The van der Waals surface area contributed by atoms with Gasteiger partial charge in [-0.2, -0.15) is 0 Å². The molecule has 1 heterocycles. The fraction of sp³-hybridized carbons (Fsp3) is 0.444. The van der Waals surface area contributed by atoms with Crippen LogP contribution in [0.2, 0.25) is 0 Å². The lowest BCUT2D eigenvalue weighted by atomic mass is 10.0. The molecule has 0 aliphatic carbocycles. The van der Waals surface area contributed by atoms with Crippen LogP contribution in [-0.2, 0) is 9.47 Å². The molecule has 23 heavy (non-hydrogen) atoms. The number of hydrogen-bond donors (Lipinski definition) is 0. The maximum Gasteiger partial charge on any atom is 0.339 e. The average Bonchev–Trinajstić information content (AvgIpc) is 2.96. The fourth-order valence-electron chi connectivity index (χ4n) is 1.99. The van der Waals surface area contributed by atoms with Gasteiger partial charge in [-0.1, -0.05) is 27.7 Å². The van der Waals surface area contributed by atoms with E-state index in [4.69, 9.17) is 13.9 Å². The van der Waals surface area contributed by atoms with E-state index in [0.29, 0.717) is 12.2 Å². The van der Waals surface area contributed by atoms with Gasteiger partial charge in [0.25, 0.3) is 0 Å². The first-order valence-electron chi connectivity index (χ1n) is 7.74. The predicted molar refractivity (Wildman–Crippen MR) is 86.5 cm³/mol. The highest BCUT2D eigenvalue weighted by Gasteiger charge is 2.22. The Labute approximate surface area is 135 Å². The van der Waals surface area contributed by atoms with Gasteiger partial charge in [0.2, 0.25) is 0 Å². The second-order valence-corrected chi connectivity index (χ2v) is 6.34. The molecule has 0 amide bonds. The highest BCUT2D eigenvalue weighted by atomic mass is 16.5. The van der Waals surface area contributed by atoms with Gasteiger partial charge in [0, 0.05) is 5.39 Å². The van der Waals surface area contributed by atoms with Gasteiger partial charge in [0.1, 0.15) is 5.58 Å². The summed E-state index contributed by atoms with van der Waals surface area (Å²) in [5, 5.41) is 0.738. The van der Waals surface area contributed by atoms with E-state index in [1.54, 1.807) is 12.1 Å². The Morgan fingerprint density at radius 2 is 1.48 bits per heavy atom. The second-order valence-electron chi connectivity index (χ2n) is 6.34. The quantitative estimate of drug-likeness (QED) is 0.751. The van der Waals surface area contributed by atoms with Crippen molar-refractivity contribution in [1.29, 1.82) is 0 Å². The lowest BCUT2D eigenvalue weighted by Crippen LogP contribution is -2.17. The average molecular weight is 318 g/mol. The molecule has 5 heteroatoms. The van der Waals surface area contributed by atoms with Crippen LogP contribution in [0.5, 0.6) is 0 Å². The van der Waals surface area contributed by atoms with E-state index >= 15 is 0 Å². The fourth-order valence-corrected chi connectivity index (χ4v) is 1.99. The van der Waals surface area contributed by atoms with Crippen LogP contribution in [0.3, 0.4) is 0 Å². The number of ether oxygens (including phenoxy) is 2. The van der Waals surface area contributed by atoms with Gasteiger partial charge in [0.15, 0.2) is 0 Å². The maximum absolute atomic E-state index is 12.3. The van der Waals surface area contributed by atoms with E-state index in [9.17, 15) is 9.59 Å². The number of carbonyl (C=O) groups excluding carboxylic acids is 2. The molecule has 0 saturated carbocycles. The Hall–Kier alpha value is -2.30. The van der Waals surface area contributed by atoms with Crippen LogP contribution in [0.25, 0.3) is 11.0 Å². The lowest BCUT2D eigenvalue weighted by Gasteiger charge is -2.12. The van der Waals surface area contributed by atoms with Gasteiger partial charge in [-0.15, -0.1) is 0 Å². The summed E-state index contributed by atoms with van der Waals surface area (Å²) >= 11 is 0. The summed E-state index contributed by atoms with van der Waals surface area (Å²) in [6.45, 7) is 8.37. The molecule has 0 spiro atoms. The first-order valence-corrected chi connectivity index (χ1v) is 7.74.